The normalized spacial score (nSPS) is 15.7. The van der Waals surface area contributed by atoms with Gasteiger partial charge in [0.15, 0.2) is 0 Å². The molecule has 156 valence electrons. The summed E-state index contributed by atoms with van der Waals surface area (Å²) in [4.78, 5) is 12.4. The molecule has 9 heteroatoms. The fourth-order valence-corrected chi connectivity index (χ4v) is 4.21. The first-order valence-corrected chi connectivity index (χ1v) is 10.7. The number of furan rings is 1. The van der Waals surface area contributed by atoms with Crippen molar-refractivity contribution < 1.29 is 27.1 Å². The van der Waals surface area contributed by atoms with Crippen molar-refractivity contribution in [2.75, 3.05) is 31.6 Å². The lowest BCUT2D eigenvalue weighted by molar-refractivity contribution is -0.111. The van der Waals surface area contributed by atoms with Crippen molar-refractivity contribution in [3.63, 3.8) is 0 Å². The van der Waals surface area contributed by atoms with Gasteiger partial charge in [-0.25, -0.2) is 8.42 Å². The van der Waals surface area contributed by atoms with Crippen LogP contribution in [0.1, 0.15) is 19.6 Å². The smallest absolute Gasteiger partial charge is 0.248 e. The molecule has 1 amide bonds. The standard InChI is InChI=1S/C20H24N2O6S/c1-15(2)28-19-7-6-17(29(24,25)22-9-12-26-13-10-22)14-18(19)21-20(23)8-5-16-4-3-11-27-16/h3-8,11,14-15H,9-10,12-13H2,1-2H3,(H,21,23). The van der Waals surface area contributed by atoms with Gasteiger partial charge in [-0.3, -0.25) is 4.79 Å². The number of carbonyl (C=O) groups is 1. The number of nitrogens with one attached hydrogen (secondary N) is 1. The summed E-state index contributed by atoms with van der Waals surface area (Å²) in [5, 5.41) is 2.69. The van der Waals surface area contributed by atoms with E-state index in [0.717, 1.165) is 0 Å². The second-order valence-electron chi connectivity index (χ2n) is 6.68. The Morgan fingerprint density at radius 2 is 2.00 bits per heavy atom. The van der Waals surface area contributed by atoms with Gasteiger partial charge in [-0.05, 0) is 50.3 Å². The summed E-state index contributed by atoms with van der Waals surface area (Å²) < 4.78 is 43.3. The Kier molecular flexibility index (Phi) is 6.73. The number of ether oxygens (including phenoxy) is 2. The second kappa shape index (κ2) is 9.25. The van der Waals surface area contributed by atoms with Crippen LogP contribution < -0.4 is 10.1 Å². The zero-order valence-corrected chi connectivity index (χ0v) is 17.1. The van der Waals surface area contributed by atoms with Crippen LogP contribution in [0.5, 0.6) is 5.75 Å². The number of morpholine rings is 1. The average molecular weight is 420 g/mol. The number of nitrogens with zero attached hydrogens (tertiary/aromatic N) is 1. The molecule has 8 nitrogen and oxygen atoms in total. The Balaban J connectivity index is 1.86. The summed E-state index contributed by atoms with van der Waals surface area (Å²) in [6.45, 7) is 4.99. The highest BCUT2D eigenvalue weighted by Crippen LogP contribution is 2.30. The second-order valence-corrected chi connectivity index (χ2v) is 8.62. The quantitative estimate of drug-likeness (QED) is 0.692. The maximum Gasteiger partial charge on any atom is 0.248 e. The van der Waals surface area contributed by atoms with Crippen molar-refractivity contribution in [2.45, 2.75) is 24.8 Å². The number of anilines is 1. The largest absolute Gasteiger partial charge is 0.489 e. The van der Waals surface area contributed by atoms with Crippen LogP contribution in [0.3, 0.4) is 0 Å². The number of amides is 1. The molecule has 1 saturated heterocycles. The van der Waals surface area contributed by atoms with Gasteiger partial charge in [0.2, 0.25) is 15.9 Å². The monoisotopic (exact) mass is 420 g/mol. The molecule has 0 saturated carbocycles. The van der Waals surface area contributed by atoms with Crippen molar-refractivity contribution in [2.24, 2.45) is 0 Å². The minimum absolute atomic E-state index is 0.0841. The molecule has 1 aromatic heterocycles. The van der Waals surface area contributed by atoms with Crippen LogP contribution in [-0.4, -0.2) is 51.0 Å². The molecule has 3 rings (SSSR count). The van der Waals surface area contributed by atoms with E-state index in [9.17, 15) is 13.2 Å². The fourth-order valence-electron chi connectivity index (χ4n) is 2.78. The Morgan fingerprint density at radius 3 is 2.66 bits per heavy atom. The molecule has 2 aromatic rings. The molecule has 1 aliphatic heterocycles. The zero-order chi connectivity index (χ0) is 20.9. The predicted molar refractivity (Wildman–Crippen MR) is 108 cm³/mol. The minimum Gasteiger partial charge on any atom is -0.489 e. The van der Waals surface area contributed by atoms with Gasteiger partial charge < -0.3 is 19.2 Å². The van der Waals surface area contributed by atoms with Crippen LogP contribution >= 0.6 is 0 Å². The van der Waals surface area contributed by atoms with Gasteiger partial charge in [-0.15, -0.1) is 0 Å². The number of sulfonamides is 1. The first kappa shape index (κ1) is 21.1. The molecule has 1 N–H and O–H groups in total. The van der Waals surface area contributed by atoms with E-state index in [2.05, 4.69) is 5.32 Å². The van der Waals surface area contributed by atoms with Gasteiger partial charge in [0.05, 0.1) is 36.2 Å². The van der Waals surface area contributed by atoms with Crippen molar-refractivity contribution in [3.8, 4) is 5.75 Å². The summed E-state index contributed by atoms with van der Waals surface area (Å²) in [7, 11) is -3.70. The lowest BCUT2D eigenvalue weighted by Crippen LogP contribution is -2.40. The van der Waals surface area contributed by atoms with Gasteiger partial charge in [-0.2, -0.15) is 4.31 Å². The first-order chi connectivity index (χ1) is 13.9. The Bertz CT molecular complexity index is 961. The van der Waals surface area contributed by atoms with Crippen LogP contribution in [0.25, 0.3) is 6.08 Å². The summed E-state index contributed by atoms with van der Waals surface area (Å²) in [5.41, 5.74) is 0.280. The molecular formula is C20H24N2O6S. The number of carbonyl (C=O) groups excluding carboxylic acids is 1. The van der Waals surface area contributed by atoms with Crippen LogP contribution in [0.4, 0.5) is 5.69 Å². The molecule has 0 atom stereocenters. The van der Waals surface area contributed by atoms with Crippen molar-refractivity contribution in [1.82, 2.24) is 4.31 Å². The molecule has 1 aliphatic rings. The summed E-state index contributed by atoms with van der Waals surface area (Å²) >= 11 is 0. The van der Waals surface area contributed by atoms with Crippen molar-refractivity contribution in [3.05, 3.63) is 48.4 Å². The molecular weight excluding hydrogens is 396 g/mol. The zero-order valence-electron chi connectivity index (χ0n) is 16.3. The Labute approximate surface area is 170 Å². The van der Waals surface area contributed by atoms with E-state index < -0.39 is 15.9 Å². The van der Waals surface area contributed by atoms with Crippen LogP contribution in [0, 0.1) is 0 Å². The van der Waals surface area contributed by atoms with Gasteiger partial charge in [-0.1, -0.05) is 0 Å². The molecule has 29 heavy (non-hydrogen) atoms. The van der Waals surface area contributed by atoms with Gasteiger partial charge in [0.25, 0.3) is 0 Å². The summed E-state index contributed by atoms with van der Waals surface area (Å²) in [6.07, 6.45) is 4.19. The number of hydrogen-bond donors (Lipinski definition) is 1. The van der Waals surface area contributed by atoms with Crippen LogP contribution in [-0.2, 0) is 19.6 Å². The van der Waals surface area contributed by atoms with Gasteiger partial charge in [0, 0.05) is 19.2 Å². The average Bonchev–Trinajstić information content (AvgIpc) is 3.21. The van der Waals surface area contributed by atoms with E-state index in [-0.39, 0.29) is 16.7 Å². The highest BCUT2D eigenvalue weighted by molar-refractivity contribution is 7.89. The first-order valence-electron chi connectivity index (χ1n) is 9.27. The van der Waals surface area contributed by atoms with Gasteiger partial charge in [0.1, 0.15) is 11.5 Å². The third kappa shape index (κ3) is 5.47. The molecule has 2 heterocycles. The van der Waals surface area contributed by atoms with E-state index in [1.54, 1.807) is 18.2 Å². The minimum atomic E-state index is -3.70. The van der Waals surface area contributed by atoms with E-state index in [4.69, 9.17) is 13.9 Å². The SMILES string of the molecule is CC(C)Oc1ccc(S(=O)(=O)N2CCOCC2)cc1NC(=O)C=Cc1ccco1. The molecule has 0 bridgehead atoms. The van der Waals surface area contributed by atoms with Crippen LogP contribution in [0.15, 0.2) is 52.0 Å². The molecule has 0 spiro atoms. The van der Waals surface area contributed by atoms with Crippen LogP contribution in [0.2, 0.25) is 0 Å². The molecule has 0 radical (unpaired) electrons. The number of benzene rings is 1. The van der Waals surface area contributed by atoms with Crippen molar-refractivity contribution in [1.29, 1.82) is 0 Å². The number of rotatable bonds is 7. The molecule has 1 aromatic carbocycles. The van der Waals surface area contributed by atoms with E-state index in [0.29, 0.717) is 37.8 Å². The van der Waals surface area contributed by atoms with E-state index in [1.807, 2.05) is 13.8 Å². The number of hydrogen-bond acceptors (Lipinski definition) is 6. The third-order valence-corrected chi connectivity index (χ3v) is 6.02. The summed E-state index contributed by atoms with van der Waals surface area (Å²) in [6, 6.07) is 7.88. The topological polar surface area (TPSA) is 98.1 Å². The van der Waals surface area contributed by atoms with Gasteiger partial charge >= 0.3 is 0 Å². The molecule has 0 aliphatic carbocycles. The third-order valence-electron chi connectivity index (χ3n) is 4.12. The van der Waals surface area contributed by atoms with E-state index in [1.165, 1.54) is 34.9 Å². The molecule has 1 fully saturated rings. The predicted octanol–water partition coefficient (Wildman–Crippen LogP) is 2.74. The highest BCUT2D eigenvalue weighted by Gasteiger charge is 2.27. The molecule has 0 unspecified atom stereocenters. The van der Waals surface area contributed by atoms with Crippen molar-refractivity contribution >= 4 is 27.7 Å². The highest BCUT2D eigenvalue weighted by atomic mass is 32.2. The maximum atomic E-state index is 12.9. The Hall–Kier alpha value is -2.62. The fraction of sp³-hybridized carbons (Fsp3) is 0.350. The Morgan fingerprint density at radius 1 is 1.24 bits per heavy atom. The lowest BCUT2D eigenvalue weighted by atomic mass is 10.2. The summed E-state index contributed by atoms with van der Waals surface area (Å²) in [5.74, 6) is 0.485. The maximum absolute atomic E-state index is 12.9. The lowest BCUT2D eigenvalue weighted by Gasteiger charge is -2.26. The van der Waals surface area contributed by atoms with E-state index >= 15 is 0 Å².